The molecule has 1 N–H and O–H groups in total. The second-order valence-electron chi connectivity index (χ2n) is 5.95. The molecule has 0 saturated carbocycles. The van der Waals surface area contributed by atoms with Gasteiger partial charge in [0.1, 0.15) is 5.82 Å². The molecule has 3 rings (SSSR count). The quantitative estimate of drug-likeness (QED) is 0.932. The summed E-state index contributed by atoms with van der Waals surface area (Å²) in [7, 11) is 0. The van der Waals surface area contributed by atoms with Crippen molar-refractivity contribution in [2.45, 2.75) is 25.6 Å². The first kappa shape index (κ1) is 16.6. The van der Waals surface area contributed by atoms with E-state index in [9.17, 15) is 18.3 Å². The van der Waals surface area contributed by atoms with Crippen molar-refractivity contribution in [3.05, 3.63) is 36.3 Å². The number of pyridine rings is 1. The van der Waals surface area contributed by atoms with Gasteiger partial charge in [-0.25, -0.2) is 9.97 Å². The van der Waals surface area contributed by atoms with Gasteiger partial charge < -0.3 is 10.0 Å². The van der Waals surface area contributed by atoms with E-state index in [1.54, 1.807) is 17.0 Å². The number of aliphatic hydroxyl groups is 1. The maximum Gasteiger partial charge on any atom is 0.433 e. The van der Waals surface area contributed by atoms with Crippen molar-refractivity contribution in [2.75, 3.05) is 18.1 Å². The normalized spacial score (nSPS) is 21.3. The Balaban J connectivity index is 2.06. The molecule has 1 aliphatic rings. The molecule has 2 aromatic heterocycles. The molecular weight excluding hydrogens is 321 g/mol. The summed E-state index contributed by atoms with van der Waals surface area (Å²) < 4.78 is 39.7. The van der Waals surface area contributed by atoms with Gasteiger partial charge >= 0.3 is 6.18 Å². The summed E-state index contributed by atoms with van der Waals surface area (Å²) in [4.78, 5) is 13.6. The molecule has 3 heterocycles. The van der Waals surface area contributed by atoms with Crippen molar-refractivity contribution in [1.29, 1.82) is 0 Å². The zero-order valence-corrected chi connectivity index (χ0v) is 13.0. The van der Waals surface area contributed by atoms with Gasteiger partial charge in [-0.05, 0) is 25.5 Å². The highest BCUT2D eigenvalue weighted by Crippen LogP contribution is 2.34. The fraction of sp³-hybridized carbons (Fsp3) is 0.438. The second kappa shape index (κ2) is 6.35. The molecule has 2 aromatic rings. The van der Waals surface area contributed by atoms with Crippen LogP contribution < -0.4 is 4.90 Å². The lowest BCUT2D eigenvalue weighted by Crippen LogP contribution is -2.29. The van der Waals surface area contributed by atoms with Crippen LogP contribution in [0, 0.1) is 5.92 Å². The van der Waals surface area contributed by atoms with E-state index < -0.39 is 11.9 Å². The van der Waals surface area contributed by atoms with Gasteiger partial charge in [-0.1, -0.05) is 0 Å². The van der Waals surface area contributed by atoms with E-state index in [1.807, 2.05) is 6.92 Å². The van der Waals surface area contributed by atoms with Crippen molar-refractivity contribution >= 4 is 5.82 Å². The molecule has 1 fully saturated rings. The minimum absolute atomic E-state index is 0.00317. The van der Waals surface area contributed by atoms with Gasteiger partial charge in [-0.3, -0.25) is 4.98 Å². The fourth-order valence-corrected chi connectivity index (χ4v) is 2.95. The number of hydrogen-bond acceptors (Lipinski definition) is 5. The summed E-state index contributed by atoms with van der Waals surface area (Å²) in [6.07, 6.45) is -0.872. The zero-order valence-electron chi connectivity index (χ0n) is 13.0. The predicted octanol–water partition coefficient (Wildman–Crippen LogP) is 2.76. The predicted molar refractivity (Wildman–Crippen MR) is 82.3 cm³/mol. The minimum Gasteiger partial charge on any atom is -0.396 e. The van der Waals surface area contributed by atoms with Crippen LogP contribution in [0.2, 0.25) is 0 Å². The van der Waals surface area contributed by atoms with Gasteiger partial charge in [-0.2, -0.15) is 13.2 Å². The van der Waals surface area contributed by atoms with Crippen LogP contribution in [-0.4, -0.2) is 39.3 Å². The molecule has 0 aliphatic carbocycles. The fourth-order valence-electron chi connectivity index (χ4n) is 2.95. The highest BCUT2D eigenvalue weighted by molar-refractivity contribution is 5.58. The second-order valence-corrected chi connectivity index (χ2v) is 5.95. The van der Waals surface area contributed by atoms with Crippen LogP contribution >= 0.6 is 0 Å². The lowest BCUT2D eigenvalue weighted by molar-refractivity contribution is -0.141. The molecular formula is C16H17F3N4O. The molecule has 2 unspecified atom stereocenters. The molecule has 0 aromatic carbocycles. The van der Waals surface area contributed by atoms with Crippen LogP contribution in [0.1, 0.15) is 19.0 Å². The van der Waals surface area contributed by atoms with E-state index in [0.717, 1.165) is 6.07 Å². The van der Waals surface area contributed by atoms with E-state index in [1.165, 1.54) is 12.4 Å². The molecule has 1 saturated heterocycles. The zero-order chi connectivity index (χ0) is 17.3. The number of hydrogen-bond donors (Lipinski definition) is 1. The number of halogens is 3. The van der Waals surface area contributed by atoms with Crippen molar-refractivity contribution in [3.8, 4) is 11.4 Å². The molecule has 1 aliphatic heterocycles. The number of alkyl halides is 3. The van der Waals surface area contributed by atoms with E-state index in [0.29, 0.717) is 18.5 Å². The Morgan fingerprint density at radius 3 is 2.54 bits per heavy atom. The number of nitrogens with zero attached hydrogens (tertiary/aromatic N) is 4. The van der Waals surface area contributed by atoms with Crippen LogP contribution in [0.5, 0.6) is 0 Å². The minimum atomic E-state index is -4.56. The highest BCUT2D eigenvalue weighted by atomic mass is 19.4. The van der Waals surface area contributed by atoms with Crippen molar-refractivity contribution in [3.63, 3.8) is 0 Å². The third-order valence-electron chi connectivity index (χ3n) is 4.16. The molecule has 2 atom stereocenters. The third kappa shape index (κ3) is 3.33. The number of aliphatic hydroxyl groups excluding tert-OH is 1. The van der Waals surface area contributed by atoms with Gasteiger partial charge in [0.15, 0.2) is 11.5 Å². The molecule has 5 nitrogen and oxygen atoms in total. The smallest absolute Gasteiger partial charge is 0.396 e. The Labute approximate surface area is 137 Å². The van der Waals surface area contributed by atoms with Gasteiger partial charge in [-0.15, -0.1) is 0 Å². The summed E-state index contributed by atoms with van der Waals surface area (Å²) in [5, 5.41) is 9.32. The van der Waals surface area contributed by atoms with Gasteiger partial charge in [0.2, 0.25) is 0 Å². The standard InChI is InChI=1S/C16H17F3N4O/c1-10-6-11(9-24)8-23(10)14-7-13(16(17,18)19)21-15(22-14)12-2-4-20-5-3-12/h2-5,7,10-11,24H,6,8-9H2,1H3. The van der Waals surface area contributed by atoms with Crippen LogP contribution in [0.25, 0.3) is 11.4 Å². The monoisotopic (exact) mass is 338 g/mol. The molecule has 8 heteroatoms. The average Bonchev–Trinajstić information content (AvgIpc) is 2.95. The Morgan fingerprint density at radius 2 is 1.96 bits per heavy atom. The average molecular weight is 338 g/mol. The lowest BCUT2D eigenvalue weighted by Gasteiger charge is -2.24. The van der Waals surface area contributed by atoms with Gasteiger partial charge in [0.25, 0.3) is 0 Å². The Bertz CT molecular complexity index is 708. The SMILES string of the molecule is CC1CC(CO)CN1c1cc(C(F)(F)F)nc(-c2ccncc2)n1. The van der Waals surface area contributed by atoms with E-state index in [2.05, 4.69) is 15.0 Å². The Kier molecular flexibility index (Phi) is 4.40. The third-order valence-corrected chi connectivity index (χ3v) is 4.16. The lowest BCUT2D eigenvalue weighted by atomic mass is 10.1. The van der Waals surface area contributed by atoms with Crippen LogP contribution in [0.15, 0.2) is 30.6 Å². The summed E-state index contributed by atoms with van der Waals surface area (Å²) >= 11 is 0. The Hall–Kier alpha value is -2.22. The van der Waals surface area contributed by atoms with E-state index in [4.69, 9.17) is 0 Å². The first-order chi connectivity index (χ1) is 11.4. The Morgan fingerprint density at radius 1 is 1.25 bits per heavy atom. The van der Waals surface area contributed by atoms with Crippen molar-refractivity contribution < 1.29 is 18.3 Å². The summed E-state index contributed by atoms with van der Waals surface area (Å²) in [6, 6.07) is 4.12. The van der Waals surface area contributed by atoms with E-state index >= 15 is 0 Å². The van der Waals surface area contributed by atoms with Gasteiger partial charge in [0.05, 0.1) is 0 Å². The first-order valence-corrected chi connectivity index (χ1v) is 7.62. The maximum atomic E-state index is 13.2. The summed E-state index contributed by atoms with van der Waals surface area (Å²) in [5.74, 6) is 0.281. The molecule has 0 radical (unpaired) electrons. The van der Waals surface area contributed by atoms with Crippen LogP contribution in [0.3, 0.4) is 0 Å². The largest absolute Gasteiger partial charge is 0.433 e. The maximum absolute atomic E-state index is 13.2. The highest BCUT2D eigenvalue weighted by Gasteiger charge is 2.36. The summed E-state index contributed by atoms with van der Waals surface area (Å²) in [6.45, 7) is 2.40. The number of aromatic nitrogens is 3. The molecule has 0 amide bonds. The molecule has 0 bridgehead atoms. The van der Waals surface area contributed by atoms with Crippen molar-refractivity contribution in [2.24, 2.45) is 5.92 Å². The van der Waals surface area contributed by atoms with Gasteiger partial charge in [0, 0.05) is 49.1 Å². The topological polar surface area (TPSA) is 62.1 Å². The number of anilines is 1. The molecule has 0 spiro atoms. The first-order valence-electron chi connectivity index (χ1n) is 7.62. The molecule has 24 heavy (non-hydrogen) atoms. The molecule has 128 valence electrons. The van der Waals surface area contributed by atoms with E-state index in [-0.39, 0.29) is 30.2 Å². The van der Waals surface area contributed by atoms with Crippen LogP contribution in [-0.2, 0) is 6.18 Å². The summed E-state index contributed by atoms with van der Waals surface area (Å²) in [5.41, 5.74) is -0.498. The number of rotatable bonds is 3. The van der Waals surface area contributed by atoms with Crippen molar-refractivity contribution in [1.82, 2.24) is 15.0 Å². The van der Waals surface area contributed by atoms with Crippen LogP contribution in [0.4, 0.5) is 19.0 Å².